The topological polar surface area (TPSA) is 46.5 Å². The molecule has 0 spiro atoms. The van der Waals surface area contributed by atoms with E-state index in [-0.39, 0.29) is 5.57 Å². The average molecular weight is 266 g/mol. The van der Waals surface area contributed by atoms with Crippen LogP contribution in [0.1, 0.15) is 6.92 Å². The van der Waals surface area contributed by atoms with Crippen molar-refractivity contribution in [1.29, 1.82) is 0 Å². The third-order valence-corrected chi connectivity index (χ3v) is 1.57. The number of rotatable bonds is 3. The van der Waals surface area contributed by atoms with Gasteiger partial charge in [0.1, 0.15) is 6.61 Å². The molecule has 0 unspecified atom stereocenters. The van der Waals surface area contributed by atoms with E-state index in [0.717, 1.165) is 0 Å². The first-order chi connectivity index (χ1) is 7.34. The minimum Gasteiger partial charge on any atom is -0.459 e. The van der Waals surface area contributed by atoms with Gasteiger partial charge in [-0.3, -0.25) is 0 Å². The Hall–Kier alpha value is -1.25. The van der Waals surface area contributed by atoms with Crippen LogP contribution in [0.25, 0.3) is 0 Å². The predicted molar refractivity (Wildman–Crippen MR) is 42.8 cm³/mol. The van der Waals surface area contributed by atoms with Crippen molar-refractivity contribution in [2.75, 3.05) is 6.61 Å². The number of halogens is 6. The molecule has 1 N–H and O–H groups in total. The minimum absolute atomic E-state index is 0.0186. The fourth-order valence-corrected chi connectivity index (χ4v) is 0.685. The normalized spacial score (nSPS) is 13.4. The molecule has 3 nitrogen and oxygen atoms in total. The molecule has 0 radical (unpaired) electrons. The Morgan fingerprint density at radius 3 is 1.76 bits per heavy atom. The fourth-order valence-electron chi connectivity index (χ4n) is 0.685. The molecule has 0 fully saturated rings. The summed E-state index contributed by atoms with van der Waals surface area (Å²) in [6.07, 6.45) is -12.4. The molecule has 0 saturated heterocycles. The number of carbonyl (C=O) groups is 1. The van der Waals surface area contributed by atoms with Gasteiger partial charge < -0.3 is 9.84 Å². The summed E-state index contributed by atoms with van der Waals surface area (Å²) in [5.74, 6) is -2.83. The fraction of sp³-hybridized carbons (Fsp3) is 0.625. The van der Waals surface area contributed by atoms with Crippen molar-refractivity contribution in [2.45, 2.75) is 24.9 Å². The second-order valence-electron chi connectivity index (χ2n) is 3.24. The highest BCUT2D eigenvalue weighted by Crippen LogP contribution is 2.43. The van der Waals surface area contributed by atoms with Crippen LogP contribution in [0.15, 0.2) is 12.2 Å². The molecule has 0 aliphatic rings. The van der Waals surface area contributed by atoms with Crippen LogP contribution in [-0.4, -0.2) is 35.6 Å². The number of aliphatic hydroxyl groups is 1. The Morgan fingerprint density at radius 1 is 1.18 bits per heavy atom. The van der Waals surface area contributed by atoms with Crippen LogP contribution < -0.4 is 0 Å². The highest BCUT2D eigenvalue weighted by Gasteiger charge is 2.76. The van der Waals surface area contributed by atoms with Gasteiger partial charge in [-0.15, -0.1) is 0 Å². The van der Waals surface area contributed by atoms with E-state index in [9.17, 15) is 31.1 Å². The molecule has 0 amide bonds. The van der Waals surface area contributed by atoms with Crippen molar-refractivity contribution in [2.24, 2.45) is 0 Å². The van der Waals surface area contributed by atoms with Crippen molar-refractivity contribution < 1.29 is 41.0 Å². The molecule has 0 bridgehead atoms. The molecular weight excluding hydrogens is 258 g/mol. The van der Waals surface area contributed by atoms with Gasteiger partial charge in [0.2, 0.25) is 0 Å². The summed E-state index contributed by atoms with van der Waals surface area (Å²) >= 11 is 0. The van der Waals surface area contributed by atoms with Crippen LogP contribution >= 0.6 is 0 Å². The van der Waals surface area contributed by atoms with Crippen LogP contribution in [-0.2, 0) is 9.53 Å². The van der Waals surface area contributed by atoms with Crippen molar-refractivity contribution in [3.8, 4) is 0 Å². The van der Waals surface area contributed by atoms with Crippen LogP contribution in [0, 0.1) is 0 Å². The maximum atomic E-state index is 12.1. The summed E-state index contributed by atoms with van der Waals surface area (Å²) in [7, 11) is 0. The van der Waals surface area contributed by atoms with E-state index in [4.69, 9.17) is 5.11 Å². The highest BCUT2D eigenvalue weighted by molar-refractivity contribution is 5.81. The monoisotopic (exact) mass is 266 g/mol. The lowest BCUT2D eigenvalue weighted by Gasteiger charge is -2.29. The second kappa shape index (κ2) is 4.55. The standard InChI is InChI=1S/C8H8F6O3/c1-4(2)3-17-5(15)6(16,7(9,10)11)8(12,13)14/h16H,1,3H2,2H3. The van der Waals surface area contributed by atoms with E-state index in [0.29, 0.717) is 0 Å². The molecule has 0 atom stereocenters. The molecule has 0 aromatic heterocycles. The minimum atomic E-state index is -6.22. The van der Waals surface area contributed by atoms with E-state index < -0.39 is 30.5 Å². The number of ether oxygens (including phenoxy) is 1. The Morgan fingerprint density at radius 2 is 1.53 bits per heavy atom. The quantitative estimate of drug-likeness (QED) is 0.482. The summed E-state index contributed by atoms with van der Waals surface area (Å²) in [6, 6.07) is 0. The Balaban J connectivity index is 5.23. The molecule has 9 heteroatoms. The SMILES string of the molecule is C=C(C)COC(=O)C(O)(C(F)(F)F)C(F)(F)F. The summed E-state index contributed by atoms with van der Waals surface area (Å²) in [5.41, 5.74) is -5.51. The maximum Gasteiger partial charge on any atom is 0.437 e. The Labute approximate surface area is 91.7 Å². The van der Waals surface area contributed by atoms with Crippen LogP contribution in [0.4, 0.5) is 26.3 Å². The first kappa shape index (κ1) is 15.8. The average Bonchev–Trinajstić information content (AvgIpc) is 2.08. The van der Waals surface area contributed by atoms with Gasteiger partial charge in [0.25, 0.3) is 0 Å². The molecular formula is C8H8F6O3. The third kappa shape index (κ3) is 3.11. The molecule has 0 aliphatic carbocycles. The van der Waals surface area contributed by atoms with E-state index in [2.05, 4.69) is 11.3 Å². The number of hydrogen-bond donors (Lipinski definition) is 1. The molecule has 100 valence electrons. The number of carbonyl (C=O) groups excluding carboxylic acids is 1. The first-order valence-corrected chi connectivity index (χ1v) is 4.01. The van der Waals surface area contributed by atoms with Crippen LogP contribution in [0.2, 0.25) is 0 Å². The molecule has 0 heterocycles. The van der Waals surface area contributed by atoms with Gasteiger partial charge >= 0.3 is 23.9 Å². The highest BCUT2D eigenvalue weighted by atomic mass is 19.4. The zero-order valence-corrected chi connectivity index (χ0v) is 8.45. The second-order valence-corrected chi connectivity index (χ2v) is 3.24. The zero-order valence-electron chi connectivity index (χ0n) is 8.45. The number of hydrogen-bond acceptors (Lipinski definition) is 3. The molecule has 0 aliphatic heterocycles. The summed E-state index contributed by atoms with van der Waals surface area (Å²) < 4.78 is 76.2. The van der Waals surface area contributed by atoms with Gasteiger partial charge in [-0.2, -0.15) is 26.3 Å². The van der Waals surface area contributed by atoms with E-state index in [1.807, 2.05) is 0 Å². The molecule has 0 aromatic rings. The van der Waals surface area contributed by atoms with Gasteiger partial charge in [-0.1, -0.05) is 6.58 Å². The van der Waals surface area contributed by atoms with Gasteiger partial charge in [0.05, 0.1) is 0 Å². The molecule has 0 rings (SSSR count). The maximum absolute atomic E-state index is 12.1. The lowest BCUT2D eigenvalue weighted by molar-refractivity contribution is -0.356. The van der Waals surface area contributed by atoms with Crippen molar-refractivity contribution in [3.63, 3.8) is 0 Å². The van der Waals surface area contributed by atoms with E-state index in [1.54, 1.807) is 0 Å². The number of esters is 1. The zero-order chi connectivity index (χ0) is 14.1. The summed E-state index contributed by atoms with van der Waals surface area (Å²) in [4.78, 5) is 10.7. The molecule has 17 heavy (non-hydrogen) atoms. The smallest absolute Gasteiger partial charge is 0.437 e. The van der Waals surface area contributed by atoms with Gasteiger partial charge in [0, 0.05) is 0 Å². The Kier molecular flexibility index (Phi) is 4.22. The third-order valence-electron chi connectivity index (χ3n) is 1.57. The molecule has 0 aromatic carbocycles. The van der Waals surface area contributed by atoms with E-state index in [1.165, 1.54) is 6.92 Å². The van der Waals surface area contributed by atoms with Crippen molar-refractivity contribution >= 4 is 5.97 Å². The van der Waals surface area contributed by atoms with Gasteiger partial charge in [-0.25, -0.2) is 4.79 Å². The van der Waals surface area contributed by atoms with Crippen LogP contribution in [0.5, 0.6) is 0 Å². The molecule has 0 saturated carbocycles. The van der Waals surface area contributed by atoms with E-state index >= 15 is 0 Å². The first-order valence-electron chi connectivity index (χ1n) is 4.01. The largest absolute Gasteiger partial charge is 0.459 e. The van der Waals surface area contributed by atoms with Crippen LogP contribution in [0.3, 0.4) is 0 Å². The van der Waals surface area contributed by atoms with Gasteiger partial charge in [-0.05, 0) is 12.5 Å². The van der Waals surface area contributed by atoms with Gasteiger partial charge in [0.15, 0.2) is 0 Å². The van der Waals surface area contributed by atoms with Crippen molar-refractivity contribution in [3.05, 3.63) is 12.2 Å². The predicted octanol–water partition coefficient (Wildman–Crippen LogP) is 1.96. The summed E-state index contributed by atoms with van der Waals surface area (Å²) in [5, 5.41) is 8.51. The number of alkyl halides is 6. The lowest BCUT2D eigenvalue weighted by atomic mass is 10.0. The Bertz CT molecular complexity index is 302. The summed E-state index contributed by atoms with van der Waals surface area (Å²) in [6.45, 7) is 3.47. The van der Waals surface area contributed by atoms with Crippen molar-refractivity contribution in [1.82, 2.24) is 0 Å². The lowest BCUT2D eigenvalue weighted by Crippen LogP contribution is -2.63.